The van der Waals surface area contributed by atoms with Gasteiger partial charge in [-0.25, -0.2) is 0 Å². The number of hydrogen-bond acceptors (Lipinski definition) is 0. The molecule has 0 aromatic heterocycles. The maximum Gasteiger partial charge on any atom is 0.0254 e. The zero-order valence-corrected chi connectivity index (χ0v) is 55.9. The van der Waals surface area contributed by atoms with Gasteiger partial charge in [-0.3, -0.25) is 0 Å². The summed E-state index contributed by atoms with van der Waals surface area (Å²) in [5.74, 6) is 0. The van der Waals surface area contributed by atoms with Gasteiger partial charge in [0.05, 0.1) is 0 Å². The highest BCUT2D eigenvalue weighted by molar-refractivity contribution is 9.11. The molecule has 0 N–H and O–H groups in total. The summed E-state index contributed by atoms with van der Waals surface area (Å²) in [7, 11) is 0. The van der Waals surface area contributed by atoms with Crippen molar-refractivity contribution < 1.29 is 0 Å². The molecule has 0 bridgehead atoms. The maximum atomic E-state index is 3.65. The fourth-order valence-electron chi connectivity index (χ4n) is 14.5. The lowest BCUT2D eigenvalue weighted by Gasteiger charge is -2.16. The van der Waals surface area contributed by atoms with Crippen molar-refractivity contribution in [2.75, 3.05) is 0 Å². The van der Waals surface area contributed by atoms with E-state index >= 15 is 0 Å². The normalized spacial score (nSPS) is 11.7. The second-order valence-electron chi connectivity index (χ2n) is 23.8. The summed E-state index contributed by atoms with van der Waals surface area (Å²) in [4.78, 5) is 0. The molecule has 92 heavy (non-hydrogen) atoms. The van der Waals surface area contributed by atoms with Crippen LogP contribution in [0.1, 0.15) is 0 Å². The Balaban J connectivity index is 0.0000000959. The Hall–Kier alpha value is -9.52. The minimum atomic E-state index is 1.16. The van der Waals surface area contributed by atoms with E-state index < -0.39 is 0 Å². The second kappa shape index (κ2) is 23.3. The molecule has 0 fully saturated rings. The summed E-state index contributed by atoms with van der Waals surface area (Å²) in [5, 5.41) is 31.7. The molecule has 432 valence electrons. The van der Waals surface area contributed by atoms with Crippen molar-refractivity contribution in [3.8, 4) is 44.5 Å². The molecule has 0 unspecified atom stereocenters. The van der Waals surface area contributed by atoms with Crippen molar-refractivity contribution in [2.45, 2.75) is 0 Å². The highest BCUT2D eigenvalue weighted by atomic mass is 79.9. The molecular formula is C88H52Br4. The van der Waals surface area contributed by atoms with Gasteiger partial charge < -0.3 is 0 Å². The first-order valence-corrected chi connectivity index (χ1v) is 34.1. The van der Waals surface area contributed by atoms with Crippen LogP contribution >= 0.6 is 63.7 Å². The average molecular weight is 1430 g/mol. The number of halogens is 4. The van der Waals surface area contributed by atoms with Gasteiger partial charge in [0.25, 0.3) is 0 Å². The number of hydrogen-bond donors (Lipinski definition) is 0. The van der Waals surface area contributed by atoms with Crippen LogP contribution in [0.15, 0.2) is 333 Å². The largest absolute Gasteiger partial charge is 0.0622 e. The first kappa shape index (κ1) is 56.5. The van der Waals surface area contributed by atoms with Crippen LogP contribution in [-0.4, -0.2) is 0 Å². The molecule has 0 amide bonds. The van der Waals surface area contributed by atoms with E-state index in [1.807, 2.05) is 0 Å². The minimum Gasteiger partial charge on any atom is -0.0622 e. The van der Waals surface area contributed by atoms with Gasteiger partial charge in [0.1, 0.15) is 0 Å². The second-order valence-corrected chi connectivity index (χ2v) is 27.2. The Morgan fingerprint density at radius 1 is 0.130 bits per heavy atom. The fraction of sp³-hybridized carbons (Fsp3) is 0. The van der Waals surface area contributed by atoms with E-state index in [4.69, 9.17) is 0 Å². The first-order chi connectivity index (χ1) is 45.3. The predicted molar refractivity (Wildman–Crippen MR) is 413 cm³/mol. The average Bonchev–Trinajstić information content (AvgIpc) is 0.781. The molecular weight excluding hydrogens is 1380 g/mol. The van der Waals surface area contributed by atoms with E-state index in [1.54, 1.807) is 0 Å². The standard InChI is InChI=1S/2C28H18.2C16H8Br2/c1-3-7-19(8-4-1)23-15-11-21-14-18-26-24(20-9-5-2-6-10-20)16-12-22-13-17-25(23)27(21)28(22)26;1-3-7-19(8-4-1)23-15-13-21-11-12-22-14-16-24(20-9-5-2-6-10-20)26-18-17-25(23)27(21)28(22)26;17-13-8-4-10-2-6-12-14(18)7-3-9-1-5-11(13)16(10)15(9)12;17-13-7-3-9-1-2-10-4-8-14(18)12-6-5-11(13)15(9)16(10)12/h2*1-18H;2*1-8H. The van der Waals surface area contributed by atoms with Crippen molar-refractivity contribution in [1.82, 2.24) is 0 Å². The predicted octanol–water partition coefficient (Wildman–Crippen LogP) is 28.1. The van der Waals surface area contributed by atoms with E-state index in [-0.39, 0.29) is 0 Å². The fourth-order valence-corrected chi connectivity index (χ4v) is 16.4. The molecule has 0 aliphatic heterocycles. The molecule has 0 saturated carbocycles. The van der Waals surface area contributed by atoms with E-state index in [0.29, 0.717) is 0 Å². The van der Waals surface area contributed by atoms with Crippen LogP contribution in [0.5, 0.6) is 0 Å². The lowest BCUT2D eigenvalue weighted by atomic mass is 9.87. The quantitative estimate of drug-likeness (QED) is 0.154. The van der Waals surface area contributed by atoms with Crippen LogP contribution < -0.4 is 0 Å². The Labute approximate surface area is 565 Å². The summed E-state index contributed by atoms with van der Waals surface area (Å²) in [6.45, 7) is 0. The van der Waals surface area contributed by atoms with Crippen LogP contribution in [0.2, 0.25) is 0 Å². The summed E-state index contributed by atoms with van der Waals surface area (Å²) < 4.78 is 4.63. The molecule has 0 nitrogen and oxygen atoms in total. The van der Waals surface area contributed by atoms with Crippen LogP contribution in [0.25, 0.3) is 174 Å². The molecule has 0 aliphatic carbocycles. The maximum absolute atomic E-state index is 3.65. The van der Waals surface area contributed by atoms with Crippen molar-refractivity contribution in [1.29, 1.82) is 0 Å². The SMILES string of the molecule is Brc1ccc2ccc3c(Br)ccc4ccc1c2c43.Brc1ccc2ccc3ccc(Br)c4ccc1c2c34.c1ccc(-c2ccc3ccc4c(-c5ccccc5)ccc5ccc2c3c54)cc1.c1ccc(-c2ccc3ccc4ccc(-c5ccccc5)c5ccc2c3c45)cc1. The molecule has 4 heteroatoms. The molecule has 0 atom stereocenters. The molecule has 0 spiro atoms. The van der Waals surface area contributed by atoms with Gasteiger partial charge in [-0.05, 0) is 198 Å². The summed E-state index contributed by atoms with van der Waals surface area (Å²) >= 11 is 14.6. The van der Waals surface area contributed by atoms with Crippen molar-refractivity contribution >= 4 is 193 Å². The molecule has 0 aliphatic rings. The minimum absolute atomic E-state index is 1.16. The summed E-state index contributed by atoms with van der Waals surface area (Å²) in [5.41, 5.74) is 10.3. The van der Waals surface area contributed by atoms with Crippen molar-refractivity contribution in [2.24, 2.45) is 0 Å². The summed E-state index contributed by atoms with van der Waals surface area (Å²) in [6, 6.07) is 114. The van der Waals surface area contributed by atoms with Gasteiger partial charge >= 0.3 is 0 Å². The van der Waals surface area contributed by atoms with Gasteiger partial charge in [-0.2, -0.15) is 0 Å². The molecule has 0 saturated heterocycles. The zero-order valence-electron chi connectivity index (χ0n) is 49.5. The van der Waals surface area contributed by atoms with Gasteiger partial charge in [0.15, 0.2) is 0 Å². The number of benzene rings is 20. The molecule has 20 rings (SSSR count). The third-order valence-corrected chi connectivity index (χ3v) is 21.6. The van der Waals surface area contributed by atoms with Crippen molar-refractivity contribution in [3.63, 3.8) is 0 Å². The van der Waals surface area contributed by atoms with Crippen LogP contribution in [0.3, 0.4) is 0 Å². The van der Waals surface area contributed by atoms with Crippen LogP contribution in [0.4, 0.5) is 0 Å². The zero-order chi connectivity index (χ0) is 61.6. The van der Waals surface area contributed by atoms with Gasteiger partial charge in [-0.1, -0.05) is 355 Å². The molecule has 20 aromatic rings. The van der Waals surface area contributed by atoms with Crippen LogP contribution in [-0.2, 0) is 0 Å². The molecule has 20 aromatic carbocycles. The monoisotopic (exact) mass is 1420 g/mol. The van der Waals surface area contributed by atoms with Crippen LogP contribution in [0, 0.1) is 0 Å². The third-order valence-electron chi connectivity index (χ3n) is 18.8. The third kappa shape index (κ3) is 9.57. The smallest absolute Gasteiger partial charge is 0.0254 e. The topological polar surface area (TPSA) is 0 Å². The summed E-state index contributed by atoms with van der Waals surface area (Å²) in [6.07, 6.45) is 0. The number of rotatable bonds is 4. The Kier molecular flexibility index (Phi) is 14.3. The highest BCUT2D eigenvalue weighted by Crippen LogP contribution is 2.46. The lowest BCUT2D eigenvalue weighted by molar-refractivity contribution is 1.65. The Bertz CT molecular complexity index is 5500. The van der Waals surface area contributed by atoms with E-state index in [1.165, 1.54) is 174 Å². The van der Waals surface area contributed by atoms with Crippen molar-refractivity contribution in [3.05, 3.63) is 333 Å². The van der Waals surface area contributed by atoms with Gasteiger partial charge in [0.2, 0.25) is 0 Å². The lowest BCUT2D eigenvalue weighted by Crippen LogP contribution is -1.89. The van der Waals surface area contributed by atoms with Gasteiger partial charge in [0, 0.05) is 17.9 Å². The highest BCUT2D eigenvalue weighted by Gasteiger charge is 2.18. The van der Waals surface area contributed by atoms with E-state index in [2.05, 4.69) is 379 Å². The molecule has 0 heterocycles. The van der Waals surface area contributed by atoms with E-state index in [0.717, 1.165) is 17.9 Å². The van der Waals surface area contributed by atoms with E-state index in [9.17, 15) is 0 Å². The van der Waals surface area contributed by atoms with Gasteiger partial charge in [-0.15, -0.1) is 0 Å². The Morgan fingerprint density at radius 2 is 0.283 bits per heavy atom. The molecule has 0 radical (unpaired) electrons. The first-order valence-electron chi connectivity index (χ1n) is 31.0. The Morgan fingerprint density at radius 3 is 0.511 bits per heavy atom.